The molecule has 0 aromatic heterocycles. The van der Waals surface area contributed by atoms with E-state index in [1.165, 1.54) is 24.7 Å². The molecule has 1 aliphatic rings. The number of anilines is 1. The van der Waals surface area contributed by atoms with Gasteiger partial charge in [-0.3, -0.25) is 9.59 Å². The molecule has 0 saturated heterocycles. The normalized spacial score (nSPS) is 16.6. The number of allylic oxidation sites excluding steroid dienone is 2. The smallest absolute Gasteiger partial charge is 0.253 e. The summed E-state index contributed by atoms with van der Waals surface area (Å²) in [4.78, 5) is 29.0. The Morgan fingerprint density at radius 1 is 1.29 bits per heavy atom. The Bertz CT molecular complexity index is 1100. The second kappa shape index (κ2) is 9.67. The third-order valence-electron chi connectivity index (χ3n) is 5.03. The topological polar surface area (TPSA) is 96.6 Å². The van der Waals surface area contributed by atoms with Crippen LogP contribution in [0.15, 0.2) is 78.1 Å². The molecule has 31 heavy (non-hydrogen) atoms. The zero-order valence-electron chi connectivity index (χ0n) is 17.1. The van der Waals surface area contributed by atoms with Gasteiger partial charge in [-0.25, -0.2) is 9.38 Å². The van der Waals surface area contributed by atoms with Gasteiger partial charge in [0.05, 0.1) is 6.34 Å². The van der Waals surface area contributed by atoms with Crippen molar-refractivity contribution in [1.82, 2.24) is 5.32 Å². The van der Waals surface area contributed by atoms with E-state index >= 15 is 0 Å². The second-order valence-corrected chi connectivity index (χ2v) is 7.05. The van der Waals surface area contributed by atoms with Crippen molar-refractivity contribution in [2.75, 3.05) is 5.32 Å². The van der Waals surface area contributed by atoms with E-state index in [9.17, 15) is 14.0 Å². The average Bonchev–Trinajstić information content (AvgIpc) is 2.76. The molecule has 1 atom stereocenters. The number of nitrogens with one attached hydrogen (secondary N) is 2. The highest BCUT2D eigenvalue weighted by molar-refractivity contribution is 6.07. The fraction of sp³-hybridized carbons (Fsp3) is 0.125. The molecule has 6 nitrogen and oxygen atoms in total. The van der Waals surface area contributed by atoms with Crippen LogP contribution in [-0.2, 0) is 9.59 Å². The van der Waals surface area contributed by atoms with Crippen LogP contribution in [0.2, 0.25) is 0 Å². The van der Waals surface area contributed by atoms with Gasteiger partial charge in [-0.2, -0.15) is 0 Å². The van der Waals surface area contributed by atoms with Crippen LogP contribution in [-0.4, -0.2) is 18.2 Å². The van der Waals surface area contributed by atoms with Gasteiger partial charge in [0.2, 0.25) is 5.91 Å². The van der Waals surface area contributed by atoms with Crippen molar-refractivity contribution in [2.24, 2.45) is 10.7 Å². The van der Waals surface area contributed by atoms with Gasteiger partial charge in [-0.15, -0.1) is 0 Å². The summed E-state index contributed by atoms with van der Waals surface area (Å²) in [6.45, 7) is 5.67. The molecule has 0 aliphatic carbocycles. The lowest BCUT2D eigenvalue weighted by Gasteiger charge is -2.24. The maximum atomic E-state index is 13.3. The number of hydrogen-bond acceptors (Lipinski definition) is 3. The first kappa shape index (κ1) is 21.7. The van der Waals surface area contributed by atoms with Crippen LogP contribution in [0.25, 0.3) is 5.57 Å². The van der Waals surface area contributed by atoms with E-state index in [4.69, 9.17) is 5.73 Å². The van der Waals surface area contributed by atoms with Crippen molar-refractivity contribution in [1.29, 1.82) is 0 Å². The zero-order valence-corrected chi connectivity index (χ0v) is 17.1. The number of amides is 2. The second-order valence-electron chi connectivity index (χ2n) is 7.05. The Morgan fingerprint density at radius 2 is 2.03 bits per heavy atom. The lowest BCUT2D eigenvalue weighted by atomic mass is 9.86. The highest BCUT2D eigenvalue weighted by atomic mass is 19.1. The molecule has 0 fully saturated rings. The first-order valence-corrected chi connectivity index (χ1v) is 9.66. The number of aryl methyl sites for hydroxylation is 1. The van der Waals surface area contributed by atoms with Crippen molar-refractivity contribution in [3.63, 3.8) is 0 Å². The van der Waals surface area contributed by atoms with Crippen molar-refractivity contribution in [3.8, 4) is 0 Å². The van der Waals surface area contributed by atoms with E-state index in [-0.39, 0.29) is 24.1 Å². The number of aliphatic imine (C=N–C) groups is 1. The lowest BCUT2D eigenvalue weighted by Crippen LogP contribution is -2.32. The predicted molar refractivity (Wildman–Crippen MR) is 121 cm³/mol. The average molecular weight is 418 g/mol. The van der Waals surface area contributed by atoms with E-state index < -0.39 is 5.92 Å². The summed E-state index contributed by atoms with van der Waals surface area (Å²) in [5.74, 6) is -1.40. The number of nitrogens with zero attached hydrogens (tertiary/aromatic N) is 1. The Balaban J connectivity index is 1.90. The Kier molecular flexibility index (Phi) is 6.77. The zero-order chi connectivity index (χ0) is 22.4. The SMILES string of the molecule is C=C/C(=C\N=CN)c1ccc(C)c(NC(=O)C2=CNC(=O)C[C@H]2c2ccc(F)cc2)c1. The predicted octanol–water partition coefficient (Wildman–Crippen LogP) is 3.77. The summed E-state index contributed by atoms with van der Waals surface area (Å²) >= 11 is 0. The number of halogens is 1. The maximum Gasteiger partial charge on any atom is 0.253 e. The van der Waals surface area contributed by atoms with Crippen LogP contribution in [0, 0.1) is 12.7 Å². The molecule has 2 aromatic carbocycles. The number of hydrogen-bond donors (Lipinski definition) is 3. The molecular formula is C24H23FN4O2. The molecule has 0 saturated carbocycles. The monoisotopic (exact) mass is 418 g/mol. The lowest BCUT2D eigenvalue weighted by molar-refractivity contribution is -0.121. The molecule has 0 bridgehead atoms. The highest BCUT2D eigenvalue weighted by Crippen LogP contribution is 2.32. The summed E-state index contributed by atoms with van der Waals surface area (Å²) in [5, 5.41) is 5.52. The molecular weight excluding hydrogens is 395 g/mol. The molecule has 3 rings (SSSR count). The minimum absolute atomic E-state index is 0.102. The first-order valence-electron chi connectivity index (χ1n) is 9.66. The largest absolute Gasteiger partial charge is 0.390 e. The molecule has 1 aliphatic heterocycles. The summed E-state index contributed by atoms with van der Waals surface area (Å²) in [7, 11) is 0. The van der Waals surface area contributed by atoms with Gasteiger partial charge in [0.1, 0.15) is 5.82 Å². The maximum absolute atomic E-state index is 13.3. The van der Waals surface area contributed by atoms with Crippen LogP contribution in [0.1, 0.15) is 29.0 Å². The minimum atomic E-state index is -0.472. The van der Waals surface area contributed by atoms with Gasteiger partial charge in [0.25, 0.3) is 5.91 Å². The molecule has 0 spiro atoms. The van der Waals surface area contributed by atoms with E-state index in [2.05, 4.69) is 22.2 Å². The van der Waals surface area contributed by atoms with Gasteiger partial charge in [0, 0.05) is 36.0 Å². The van der Waals surface area contributed by atoms with Crippen LogP contribution in [0.3, 0.4) is 0 Å². The first-order chi connectivity index (χ1) is 14.9. The number of carbonyl (C=O) groups excluding carboxylic acids is 2. The standard InChI is InChI=1S/C24H23FN4O2/c1-3-16(12-27-14-26)18-5-4-15(2)22(10-18)29-24(31)21-13-28-23(30)11-20(21)17-6-8-19(25)9-7-17/h3-10,12-14,20H,1,11H2,2H3,(H2,26,27)(H,28,30)(H,29,31)/b16-12+/t20-/m0/s1. The molecule has 7 heteroatoms. The van der Waals surface area contributed by atoms with Crippen molar-refractivity contribution in [3.05, 3.63) is 95.6 Å². The number of carbonyl (C=O) groups is 2. The van der Waals surface area contributed by atoms with Gasteiger partial charge >= 0.3 is 0 Å². The quantitative estimate of drug-likeness (QED) is 0.378. The van der Waals surface area contributed by atoms with Gasteiger partial charge in [0.15, 0.2) is 0 Å². The third kappa shape index (κ3) is 5.14. The van der Waals surface area contributed by atoms with E-state index in [1.54, 1.807) is 24.4 Å². The molecule has 2 aromatic rings. The Morgan fingerprint density at radius 3 is 2.71 bits per heavy atom. The molecule has 4 N–H and O–H groups in total. The third-order valence-corrected chi connectivity index (χ3v) is 5.03. The van der Waals surface area contributed by atoms with Gasteiger partial charge in [-0.1, -0.05) is 36.9 Å². The number of benzene rings is 2. The fourth-order valence-electron chi connectivity index (χ4n) is 3.33. The van der Waals surface area contributed by atoms with Crippen molar-refractivity contribution < 1.29 is 14.0 Å². The Labute approximate surface area is 180 Å². The Hall–Kier alpha value is -4.00. The number of nitrogens with two attached hydrogens (primary N) is 1. The molecule has 1 heterocycles. The van der Waals surface area contributed by atoms with Gasteiger partial charge < -0.3 is 16.4 Å². The van der Waals surface area contributed by atoms with Crippen LogP contribution in [0.4, 0.5) is 10.1 Å². The summed E-state index contributed by atoms with van der Waals surface area (Å²) in [6, 6.07) is 11.4. The fourth-order valence-corrected chi connectivity index (χ4v) is 3.33. The van der Waals surface area contributed by atoms with Crippen LogP contribution in [0.5, 0.6) is 0 Å². The molecule has 0 unspecified atom stereocenters. The summed E-state index contributed by atoms with van der Waals surface area (Å²) < 4.78 is 13.3. The highest BCUT2D eigenvalue weighted by Gasteiger charge is 2.29. The molecule has 2 amide bonds. The van der Waals surface area contributed by atoms with Crippen molar-refractivity contribution in [2.45, 2.75) is 19.3 Å². The summed E-state index contributed by atoms with van der Waals surface area (Å²) in [5.41, 5.74) is 9.42. The van der Waals surface area contributed by atoms with Crippen molar-refractivity contribution >= 4 is 29.4 Å². The number of rotatable bonds is 6. The summed E-state index contributed by atoms with van der Waals surface area (Å²) in [6.07, 6.45) is 5.92. The van der Waals surface area contributed by atoms with E-state index in [0.717, 1.165) is 16.7 Å². The molecule has 0 radical (unpaired) electrons. The van der Waals surface area contributed by atoms with Gasteiger partial charge in [-0.05, 0) is 47.4 Å². The van der Waals surface area contributed by atoms with Crippen LogP contribution < -0.4 is 16.4 Å². The van der Waals surface area contributed by atoms with E-state index in [1.807, 2.05) is 25.1 Å². The molecule has 158 valence electrons. The van der Waals surface area contributed by atoms with Crippen LogP contribution >= 0.6 is 0 Å². The van der Waals surface area contributed by atoms with E-state index in [0.29, 0.717) is 16.8 Å². The minimum Gasteiger partial charge on any atom is -0.390 e.